The molecule has 1 aromatic carbocycles. The lowest BCUT2D eigenvalue weighted by molar-refractivity contribution is -0.150. The average molecular weight is 409 g/mol. The maximum Gasteiger partial charge on any atom is 0.349 e. The maximum atomic E-state index is 12.4. The number of methoxy groups -OCH3 is 1. The normalized spacial score (nSPS) is 12.3. The first kappa shape index (κ1) is 22.8. The Balaban J connectivity index is 2.28. The van der Waals surface area contributed by atoms with E-state index in [0.717, 1.165) is 28.4 Å². The minimum atomic E-state index is -0.997. The SMILES string of the molecule is COc1ccc(-n2c(C)cc(/C=C(\C#N)C(=O)O[C@@H](C)C(=O)NC(C)C)c2C)cc1. The van der Waals surface area contributed by atoms with Crippen molar-refractivity contribution in [1.29, 1.82) is 5.26 Å². The molecule has 1 aromatic heterocycles. The predicted molar refractivity (Wildman–Crippen MR) is 114 cm³/mol. The van der Waals surface area contributed by atoms with Gasteiger partial charge in [0.25, 0.3) is 5.91 Å². The predicted octanol–water partition coefficient (Wildman–Crippen LogP) is 3.47. The molecule has 2 rings (SSSR count). The van der Waals surface area contributed by atoms with Crippen molar-refractivity contribution in [1.82, 2.24) is 9.88 Å². The Bertz CT molecular complexity index is 995. The number of nitriles is 1. The molecule has 158 valence electrons. The van der Waals surface area contributed by atoms with Gasteiger partial charge in [-0.3, -0.25) is 4.79 Å². The van der Waals surface area contributed by atoms with Crippen LogP contribution in [0.3, 0.4) is 0 Å². The number of aryl methyl sites for hydroxylation is 1. The fourth-order valence-electron chi connectivity index (χ4n) is 3.03. The zero-order valence-electron chi connectivity index (χ0n) is 18.1. The van der Waals surface area contributed by atoms with Gasteiger partial charge in [-0.15, -0.1) is 0 Å². The zero-order valence-corrected chi connectivity index (χ0v) is 18.1. The number of carbonyl (C=O) groups is 2. The summed E-state index contributed by atoms with van der Waals surface area (Å²) < 4.78 is 12.4. The highest BCUT2D eigenvalue weighted by Crippen LogP contribution is 2.24. The number of hydrogen-bond donors (Lipinski definition) is 1. The Kier molecular flexibility index (Phi) is 7.43. The van der Waals surface area contributed by atoms with Crippen molar-refractivity contribution in [3.05, 3.63) is 52.9 Å². The third kappa shape index (κ3) is 5.29. The van der Waals surface area contributed by atoms with Crippen LogP contribution in [0.4, 0.5) is 0 Å². The molecular weight excluding hydrogens is 382 g/mol. The maximum absolute atomic E-state index is 12.4. The van der Waals surface area contributed by atoms with Gasteiger partial charge in [-0.1, -0.05) is 0 Å². The summed E-state index contributed by atoms with van der Waals surface area (Å²) >= 11 is 0. The van der Waals surface area contributed by atoms with Gasteiger partial charge < -0.3 is 19.4 Å². The van der Waals surface area contributed by atoms with Crippen LogP contribution in [0.2, 0.25) is 0 Å². The number of benzene rings is 1. The Hall–Kier alpha value is -3.53. The molecule has 0 aliphatic carbocycles. The second-order valence-corrected chi connectivity index (χ2v) is 7.24. The van der Waals surface area contributed by atoms with E-state index in [1.165, 1.54) is 13.0 Å². The Morgan fingerprint density at radius 1 is 1.17 bits per heavy atom. The average Bonchev–Trinajstić information content (AvgIpc) is 2.98. The quantitative estimate of drug-likeness (QED) is 0.429. The fraction of sp³-hybridized carbons (Fsp3) is 0.348. The summed E-state index contributed by atoms with van der Waals surface area (Å²) in [5, 5.41) is 12.1. The van der Waals surface area contributed by atoms with Crippen LogP contribution in [0.25, 0.3) is 11.8 Å². The second kappa shape index (κ2) is 9.79. The number of esters is 1. The van der Waals surface area contributed by atoms with Crippen molar-refractivity contribution < 1.29 is 19.1 Å². The van der Waals surface area contributed by atoms with Gasteiger partial charge in [-0.25, -0.2) is 4.79 Å². The van der Waals surface area contributed by atoms with E-state index in [2.05, 4.69) is 5.32 Å². The van der Waals surface area contributed by atoms with Gasteiger partial charge in [-0.2, -0.15) is 5.26 Å². The van der Waals surface area contributed by atoms with Crippen LogP contribution in [0.15, 0.2) is 35.9 Å². The molecular formula is C23H27N3O4. The van der Waals surface area contributed by atoms with Crippen molar-refractivity contribution in [2.24, 2.45) is 0 Å². The van der Waals surface area contributed by atoms with E-state index >= 15 is 0 Å². The van der Waals surface area contributed by atoms with E-state index in [1.807, 2.05) is 68.7 Å². The molecule has 1 atom stereocenters. The highest BCUT2D eigenvalue weighted by atomic mass is 16.5. The van der Waals surface area contributed by atoms with Crippen molar-refractivity contribution in [2.45, 2.75) is 46.8 Å². The van der Waals surface area contributed by atoms with Gasteiger partial charge >= 0.3 is 5.97 Å². The highest BCUT2D eigenvalue weighted by Gasteiger charge is 2.21. The number of carbonyl (C=O) groups excluding carboxylic acids is 2. The molecule has 0 radical (unpaired) electrons. The topological polar surface area (TPSA) is 93.3 Å². The summed E-state index contributed by atoms with van der Waals surface area (Å²) in [4.78, 5) is 24.4. The monoisotopic (exact) mass is 409 g/mol. The summed E-state index contributed by atoms with van der Waals surface area (Å²) in [6, 6.07) is 11.3. The molecule has 0 unspecified atom stereocenters. The van der Waals surface area contributed by atoms with E-state index in [-0.39, 0.29) is 11.6 Å². The molecule has 0 saturated carbocycles. The number of nitrogens with zero attached hydrogens (tertiary/aromatic N) is 2. The van der Waals surface area contributed by atoms with Gasteiger partial charge in [0.15, 0.2) is 6.10 Å². The molecule has 0 bridgehead atoms. The lowest BCUT2D eigenvalue weighted by atomic mass is 10.1. The number of rotatable bonds is 7. The van der Waals surface area contributed by atoms with Crippen LogP contribution in [0.1, 0.15) is 37.7 Å². The lowest BCUT2D eigenvalue weighted by Gasteiger charge is -2.15. The molecule has 1 amide bonds. The molecule has 7 nitrogen and oxygen atoms in total. The number of hydrogen-bond acceptors (Lipinski definition) is 5. The molecule has 7 heteroatoms. The summed E-state index contributed by atoms with van der Waals surface area (Å²) in [5.41, 5.74) is 3.29. The summed E-state index contributed by atoms with van der Waals surface area (Å²) in [5.74, 6) is -0.488. The third-order valence-electron chi connectivity index (χ3n) is 4.53. The third-order valence-corrected chi connectivity index (χ3v) is 4.53. The van der Waals surface area contributed by atoms with Crippen LogP contribution in [0.5, 0.6) is 5.75 Å². The first-order valence-electron chi connectivity index (χ1n) is 9.64. The van der Waals surface area contributed by atoms with Crippen LogP contribution in [-0.2, 0) is 14.3 Å². The van der Waals surface area contributed by atoms with E-state index < -0.39 is 18.0 Å². The minimum absolute atomic E-state index is 0.0759. The smallest absolute Gasteiger partial charge is 0.349 e. The Labute approximate surface area is 176 Å². The summed E-state index contributed by atoms with van der Waals surface area (Å²) in [6.07, 6.45) is 0.487. The molecule has 1 N–H and O–H groups in total. The van der Waals surface area contributed by atoms with Crippen molar-refractivity contribution in [2.75, 3.05) is 7.11 Å². The van der Waals surface area contributed by atoms with Crippen LogP contribution >= 0.6 is 0 Å². The fourth-order valence-corrected chi connectivity index (χ4v) is 3.03. The molecule has 1 heterocycles. The lowest BCUT2D eigenvalue weighted by Crippen LogP contribution is -2.39. The van der Waals surface area contributed by atoms with E-state index in [9.17, 15) is 14.9 Å². The van der Waals surface area contributed by atoms with Gasteiger partial charge in [0, 0.05) is 23.1 Å². The van der Waals surface area contributed by atoms with Gasteiger partial charge in [0.2, 0.25) is 0 Å². The van der Waals surface area contributed by atoms with E-state index in [4.69, 9.17) is 9.47 Å². The summed E-state index contributed by atoms with van der Waals surface area (Å²) in [7, 11) is 1.61. The number of nitrogens with one attached hydrogen (secondary N) is 1. The van der Waals surface area contributed by atoms with Crippen LogP contribution in [0, 0.1) is 25.2 Å². The van der Waals surface area contributed by atoms with Crippen molar-refractivity contribution in [3.8, 4) is 17.5 Å². The Morgan fingerprint density at radius 2 is 1.80 bits per heavy atom. The van der Waals surface area contributed by atoms with Crippen molar-refractivity contribution >= 4 is 18.0 Å². The molecule has 2 aromatic rings. The molecule has 30 heavy (non-hydrogen) atoms. The van der Waals surface area contributed by atoms with E-state index in [1.54, 1.807) is 7.11 Å². The van der Waals surface area contributed by atoms with E-state index in [0.29, 0.717) is 0 Å². The van der Waals surface area contributed by atoms with Crippen LogP contribution in [-0.4, -0.2) is 35.7 Å². The molecule has 0 saturated heterocycles. The first-order valence-corrected chi connectivity index (χ1v) is 9.64. The zero-order chi connectivity index (χ0) is 22.4. The molecule has 0 fully saturated rings. The standard InChI is InChI=1S/C23H27N3O4/c1-14(2)25-22(27)17(5)30-23(28)19(13-24)12-18-11-15(3)26(16(18)4)20-7-9-21(29-6)10-8-20/h7-12,14,17H,1-6H3,(H,25,27)/b19-12+/t17-/m0/s1. The first-order chi connectivity index (χ1) is 14.2. The van der Waals surface area contributed by atoms with Gasteiger partial charge in [0.05, 0.1) is 7.11 Å². The minimum Gasteiger partial charge on any atom is -0.497 e. The Morgan fingerprint density at radius 3 is 2.33 bits per heavy atom. The molecule has 0 aliphatic heterocycles. The summed E-state index contributed by atoms with van der Waals surface area (Å²) in [6.45, 7) is 8.94. The van der Waals surface area contributed by atoms with Crippen LogP contribution < -0.4 is 10.1 Å². The number of amides is 1. The van der Waals surface area contributed by atoms with Crippen molar-refractivity contribution in [3.63, 3.8) is 0 Å². The number of aromatic nitrogens is 1. The molecule has 0 aliphatic rings. The largest absolute Gasteiger partial charge is 0.497 e. The molecule has 0 spiro atoms. The second-order valence-electron chi connectivity index (χ2n) is 7.24. The number of ether oxygens (including phenoxy) is 2. The highest BCUT2D eigenvalue weighted by molar-refractivity contribution is 5.99. The van der Waals surface area contributed by atoms with Gasteiger partial charge in [0.1, 0.15) is 17.4 Å². The van der Waals surface area contributed by atoms with Gasteiger partial charge in [-0.05, 0) is 76.6 Å².